The Balaban J connectivity index is 1.44. The van der Waals surface area contributed by atoms with Gasteiger partial charge in [-0.2, -0.15) is 0 Å². The summed E-state index contributed by atoms with van der Waals surface area (Å²) < 4.78 is 21.9. The summed E-state index contributed by atoms with van der Waals surface area (Å²) >= 11 is 0. The molecule has 0 unspecified atom stereocenters. The zero-order valence-corrected chi connectivity index (χ0v) is 19.4. The fourth-order valence-electron chi connectivity index (χ4n) is 6.23. The van der Waals surface area contributed by atoms with Crippen LogP contribution in [0.15, 0.2) is 24.0 Å². The van der Waals surface area contributed by atoms with Crippen molar-refractivity contribution < 1.29 is 48.7 Å². The van der Waals surface area contributed by atoms with Crippen molar-refractivity contribution in [1.82, 2.24) is 4.90 Å². The number of aliphatic hydroxyl groups excluding tert-OH is 1. The molecule has 1 aromatic rings. The predicted molar refractivity (Wildman–Crippen MR) is 117 cm³/mol. The van der Waals surface area contributed by atoms with E-state index in [2.05, 4.69) is 9.64 Å². The van der Waals surface area contributed by atoms with Crippen LogP contribution in [0.5, 0.6) is 11.5 Å². The normalized spacial score (nSPS) is 30.9. The molecule has 2 bridgehead atoms. The maximum absolute atomic E-state index is 12.6. The summed E-state index contributed by atoms with van der Waals surface area (Å²) in [6.07, 6.45) is -0.347. The fraction of sp³-hybridized carbons (Fsp3) is 0.542. The van der Waals surface area contributed by atoms with Crippen LogP contribution in [0, 0.1) is 0 Å². The first kappa shape index (κ1) is 23.6. The maximum Gasteiger partial charge on any atom is 0.341 e. The van der Waals surface area contributed by atoms with E-state index in [1.165, 1.54) is 7.11 Å². The van der Waals surface area contributed by atoms with Crippen molar-refractivity contribution in [2.75, 3.05) is 27.3 Å². The average Bonchev–Trinajstić information content (AvgIpc) is 3.17. The summed E-state index contributed by atoms with van der Waals surface area (Å²) in [6, 6.07) is 3.66. The molecule has 3 N–H and O–H groups in total. The number of benzene rings is 1. The van der Waals surface area contributed by atoms with Crippen molar-refractivity contribution in [1.29, 1.82) is 0 Å². The number of carboxylic acid groups (broad SMARTS) is 1. The Labute approximate surface area is 200 Å². The largest absolute Gasteiger partial charge is 0.493 e. The quantitative estimate of drug-likeness (QED) is 0.440. The minimum absolute atomic E-state index is 0.159. The summed E-state index contributed by atoms with van der Waals surface area (Å²) in [4.78, 5) is 37.1. The van der Waals surface area contributed by atoms with E-state index in [0.29, 0.717) is 30.9 Å². The molecule has 1 saturated heterocycles. The molecule has 0 radical (unpaired) electrons. The summed E-state index contributed by atoms with van der Waals surface area (Å²) in [5.41, 5.74) is -0.0857. The molecular formula is C24H27NO10. The minimum atomic E-state index is -1.88. The number of carbonyl (C=O) groups is 3. The van der Waals surface area contributed by atoms with Gasteiger partial charge in [0, 0.05) is 18.0 Å². The molecule has 0 aromatic heterocycles. The van der Waals surface area contributed by atoms with Gasteiger partial charge in [-0.25, -0.2) is 9.59 Å². The molecule has 0 amide bonds. The minimum Gasteiger partial charge on any atom is -0.493 e. The highest BCUT2D eigenvalue weighted by Gasteiger charge is 2.72. The zero-order valence-electron chi connectivity index (χ0n) is 19.4. The van der Waals surface area contributed by atoms with E-state index < -0.39 is 54.2 Å². The van der Waals surface area contributed by atoms with Gasteiger partial charge in [-0.3, -0.25) is 4.79 Å². The number of carbonyl (C=O) groups excluding carboxylic acids is 2. The molecule has 1 fully saturated rings. The van der Waals surface area contributed by atoms with Crippen LogP contribution < -0.4 is 9.47 Å². The number of carboxylic acids is 1. The van der Waals surface area contributed by atoms with Gasteiger partial charge in [-0.1, -0.05) is 6.07 Å². The van der Waals surface area contributed by atoms with E-state index in [9.17, 15) is 24.6 Å². The van der Waals surface area contributed by atoms with Crippen LogP contribution in [0.4, 0.5) is 0 Å². The van der Waals surface area contributed by atoms with E-state index >= 15 is 0 Å². The molecule has 11 nitrogen and oxygen atoms in total. The van der Waals surface area contributed by atoms with Gasteiger partial charge >= 0.3 is 17.9 Å². The first-order valence-electron chi connectivity index (χ1n) is 11.4. The van der Waals surface area contributed by atoms with E-state index in [1.807, 2.05) is 19.2 Å². The standard InChI is InChI=1S/C24H27NO10/c1-25-8-7-23-19-12-3-4-14(32-2)20(19)35-21(23)15(5-6-24(23,31)16(25)9-12)34-18(29)10-13(26)22(30)33-11-17(27)28/h3-5,13,16,21,26,31H,6-11H2,1-2H3,(H,27,28)/t13-,16+,21-,23-,24+/m0/s1. The number of hydrogen-bond donors (Lipinski definition) is 3. The second-order valence-electron chi connectivity index (χ2n) is 9.48. The third-order valence-electron chi connectivity index (χ3n) is 7.76. The molecule has 188 valence electrons. The van der Waals surface area contributed by atoms with E-state index in [4.69, 9.17) is 19.3 Å². The van der Waals surface area contributed by atoms with Crippen molar-refractivity contribution in [3.05, 3.63) is 35.1 Å². The Hall–Kier alpha value is -3.15. The number of likely N-dealkylation sites (N-methyl/N-ethyl adjacent to an activating group) is 1. The number of piperidine rings is 1. The number of esters is 2. The van der Waals surface area contributed by atoms with Crippen LogP contribution in [0.2, 0.25) is 0 Å². The van der Waals surface area contributed by atoms with Gasteiger partial charge in [0.15, 0.2) is 30.3 Å². The monoisotopic (exact) mass is 489 g/mol. The third kappa shape index (κ3) is 3.33. The predicted octanol–water partition coefficient (Wildman–Crippen LogP) is -0.105. The number of ether oxygens (including phenoxy) is 4. The van der Waals surface area contributed by atoms with Gasteiger partial charge in [0.1, 0.15) is 5.76 Å². The van der Waals surface area contributed by atoms with E-state index in [0.717, 1.165) is 11.1 Å². The Morgan fingerprint density at radius 2 is 2.09 bits per heavy atom. The molecule has 1 spiro atoms. The lowest BCUT2D eigenvalue weighted by atomic mass is 9.50. The third-order valence-corrected chi connectivity index (χ3v) is 7.76. The lowest BCUT2D eigenvalue weighted by molar-refractivity contribution is -0.171. The summed E-state index contributed by atoms with van der Waals surface area (Å²) in [5.74, 6) is -2.29. The summed E-state index contributed by atoms with van der Waals surface area (Å²) in [6.45, 7) is -0.219. The lowest BCUT2D eigenvalue weighted by Crippen LogP contribution is -2.74. The summed E-state index contributed by atoms with van der Waals surface area (Å²) in [7, 11) is 3.52. The highest BCUT2D eigenvalue weighted by atomic mass is 16.6. The Bertz CT molecular complexity index is 1130. The van der Waals surface area contributed by atoms with Gasteiger partial charge in [-0.05, 0) is 44.1 Å². The van der Waals surface area contributed by atoms with Crippen molar-refractivity contribution in [3.63, 3.8) is 0 Å². The molecule has 1 aromatic carbocycles. The SMILES string of the molecule is COc1ccc2c3c1O[C@H]1C(OC(=O)C[C@H](O)C(=O)OCC(=O)O)=CC[C@@]4(O)[C@@H](C2)N(C)CC[C@]314. The number of aliphatic carboxylic acids is 1. The first-order chi connectivity index (χ1) is 16.6. The van der Waals surface area contributed by atoms with Crippen LogP contribution in [0.3, 0.4) is 0 Å². The first-order valence-corrected chi connectivity index (χ1v) is 11.4. The van der Waals surface area contributed by atoms with Gasteiger partial charge in [0.25, 0.3) is 0 Å². The van der Waals surface area contributed by atoms with Crippen LogP contribution in [0.25, 0.3) is 0 Å². The van der Waals surface area contributed by atoms with Crippen LogP contribution >= 0.6 is 0 Å². The van der Waals surface area contributed by atoms with Gasteiger partial charge in [0.2, 0.25) is 0 Å². The average molecular weight is 489 g/mol. The molecule has 11 heteroatoms. The molecule has 4 aliphatic rings. The van der Waals surface area contributed by atoms with Gasteiger partial charge in [0.05, 0.1) is 24.5 Å². The second kappa shape index (κ2) is 8.21. The summed E-state index contributed by atoms with van der Waals surface area (Å²) in [5, 5.41) is 30.7. The van der Waals surface area contributed by atoms with Crippen molar-refractivity contribution >= 4 is 17.9 Å². The highest BCUT2D eigenvalue weighted by molar-refractivity contribution is 5.83. The zero-order chi connectivity index (χ0) is 25.1. The Kier molecular flexibility index (Phi) is 5.53. The smallest absolute Gasteiger partial charge is 0.341 e. The number of rotatable bonds is 7. The van der Waals surface area contributed by atoms with Crippen LogP contribution in [0.1, 0.15) is 30.4 Å². The fourth-order valence-corrected chi connectivity index (χ4v) is 6.23. The molecule has 35 heavy (non-hydrogen) atoms. The number of methoxy groups -OCH3 is 1. The molecule has 5 rings (SSSR count). The number of nitrogens with zero attached hydrogens (tertiary/aromatic N) is 1. The van der Waals surface area contributed by atoms with E-state index in [-0.39, 0.29) is 18.2 Å². The maximum atomic E-state index is 12.6. The van der Waals surface area contributed by atoms with Gasteiger partial charge in [-0.15, -0.1) is 0 Å². The Morgan fingerprint density at radius 1 is 1.31 bits per heavy atom. The molecule has 5 atom stereocenters. The van der Waals surface area contributed by atoms with Gasteiger partial charge < -0.3 is 39.2 Å². The van der Waals surface area contributed by atoms with E-state index in [1.54, 1.807) is 6.08 Å². The number of likely N-dealkylation sites (tertiary alicyclic amines) is 1. The lowest BCUT2D eigenvalue weighted by Gasteiger charge is -2.61. The Morgan fingerprint density at radius 3 is 2.80 bits per heavy atom. The van der Waals surface area contributed by atoms with Crippen LogP contribution in [-0.2, 0) is 35.7 Å². The van der Waals surface area contributed by atoms with Crippen molar-refractivity contribution in [2.24, 2.45) is 0 Å². The number of hydrogen-bond acceptors (Lipinski definition) is 10. The van der Waals surface area contributed by atoms with Crippen LogP contribution in [-0.4, -0.2) is 89.3 Å². The van der Waals surface area contributed by atoms with Crippen molar-refractivity contribution in [3.8, 4) is 11.5 Å². The highest BCUT2D eigenvalue weighted by Crippen LogP contribution is 2.65. The molecule has 2 heterocycles. The topological polar surface area (TPSA) is 152 Å². The number of aliphatic hydroxyl groups is 2. The van der Waals surface area contributed by atoms with Crippen molar-refractivity contribution in [2.45, 2.75) is 54.9 Å². The molecule has 2 aliphatic heterocycles. The molecule has 2 aliphatic carbocycles. The second-order valence-corrected chi connectivity index (χ2v) is 9.48. The molecular weight excluding hydrogens is 462 g/mol. The molecule has 0 saturated carbocycles.